The van der Waals surface area contributed by atoms with E-state index in [0.717, 1.165) is 11.8 Å². The van der Waals surface area contributed by atoms with E-state index in [4.69, 9.17) is 4.74 Å². The highest BCUT2D eigenvalue weighted by Gasteiger charge is 2.35. The van der Waals surface area contributed by atoms with Gasteiger partial charge in [0.2, 0.25) is 5.95 Å². The van der Waals surface area contributed by atoms with Gasteiger partial charge in [-0.25, -0.2) is 13.8 Å². The molecule has 0 saturated carbocycles. The van der Waals surface area contributed by atoms with E-state index >= 15 is 0 Å². The third kappa shape index (κ3) is 5.29. The first kappa shape index (κ1) is 24.3. The number of aliphatic hydroxyl groups is 1. The normalized spacial score (nSPS) is 15.8. The molecular formula is C24H24F3N5O3. The van der Waals surface area contributed by atoms with Crippen LogP contribution in [-0.2, 0) is 5.54 Å². The first-order chi connectivity index (χ1) is 16.7. The van der Waals surface area contributed by atoms with Crippen molar-refractivity contribution < 1.29 is 27.8 Å². The van der Waals surface area contributed by atoms with Gasteiger partial charge in [0.15, 0.2) is 11.6 Å². The standard InChI is InChI=1S/C24H24F3N5O3/c1-24(2)16-10-14(8-9-15(16)22(34)32-24)29-23-28-11-18(35-20(27)19(25)26)21(31-23)30-17(12-33)13-6-4-3-5-7-13/h3-11,17,19-20,33H,12H2,1-2H3,(H,32,34)(H2,28,29,30,31). The van der Waals surface area contributed by atoms with E-state index in [2.05, 4.69) is 25.9 Å². The van der Waals surface area contributed by atoms with Gasteiger partial charge in [0.1, 0.15) is 0 Å². The van der Waals surface area contributed by atoms with Crippen LogP contribution >= 0.6 is 0 Å². The van der Waals surface area contributed by atoms with Crippen LogP contribution in [0.4, 0.5) is 30.6 Å². The third-order valence-electron chi connectivity index (χ3n) is 5.51. The zero-order chi connectivity index (χ0) is 25.2. The van der Waals surface area contributed by atoms with Gasteiger partial charge in [-0.05, 0) is 43.2 Å². The summed E-state index contributed by atoms with van der Waals surface area (Å²) in [5, 5.41) is 18.7. The number of fused-ring (bicyclic) bond motifs is 1. The molecule has 0 saturated heterocycles. The van der Waals surface area contributed by atoms with Gasteiger partial charge in [0.25, 0.3) is 12.3 Å². The molecule has 1 aromatic heterocycles. The number of aromatic nitrogens is 2. The van der Waals surface area contributed by atoms with E-state index < -0.39 is 24.4 Å². The number of carbonyl (C=O) groups is 1. The fraction of sp³-hybridized carbons (Fsp3) is 0.292. The van der Waals surface area contributed by atoms with Crippen molar-refractivity contribution in [1.29, 1.82) is 0 Å². The second kappa shape index (κ2) is 9.79. The lowest BCUT2D eigenvalue weighted by atomic mass is 9.94. The van der Waals surface area contributed by atoms with Crippen molar-refractivity contribution >= 4 is 23.4 Å². The molecule has 3 aromatic rings. The molecule has 4 N–H and O–H groups in total. The largest absolute Gasteiger partial charge is 0.449 e. The lowest BCUT2D eigenvalue weighted by Crippen LogP contribution is -2.32. The maximum atomic E-state index is 13.7. The van der Waals surface area contributed by atoms with Gasteiger partial charge in [-0.3, -0.25) is 4.79 Å². The lowest BCUT2D eigenvalue weighted by Gasteiger charge is -2.21. The van der Waals surface area contributed by atoms with Gasteiger partial charge in [0.05, 0.1) is 24.4 Å². The van der Waals surface area contributed by atoms with Crippen LogP contribution in [0.15, 0.2) is 54.7 Å². The Balaban J connectivity index is 1.64. The monoisotopic (exact) mass is 487 g/mol. The number of ether oxygens (including phenoxy) is 1. The van der Waals surface area contributed by atoms with Gasteiger partial charge in [-0.1, -0.05) is 30.3 Å². The first-order valence-electron chi connectivity index (χ1n) is 10.8. The molecule has 2 atom stereocenters. The number of benzene rings is 2. The van der Waals surface area contributed by atoms with E-state index in [9.17, 15) is 23.1 Å². The third-order valence-corrected chi connectivity index (χ3v) is 5.51. The number of anilines is 3. The smallest absolute Gasteiger partial charge is 0.304 e. The molecule has 2 unspecified atom stereocenters. The van der Waals surface area contributed by atoms with E-state index in [1.54, 1.807) is 48.5 Å². The Morgan fingerprint density at radius 2 is 1.89 bits per heavy atom. The molecule has 0 fully saturated rings. The SMILES string of the molecule is CC1(C)NC(=O)c2ccc(Nc3ncc(OC(F)C(F)F)c(NC(CO)c4ccccc4)n3)cc21. The summed E-state index contributed by atoms with van der Waals surface area (Å²) in [4.78, 5) is 20.5. The van der Waals surface area contributed by atoms with Crippen LogP contribution in [0.1, 0.15) is 41.4 Å². The highest BCUT2D eigenvalue weighted by Crippen LogP contribution is 2.34. The molecule has 11 heteroatoms. The van der Waals surface area contributed by atoms with Crippen molar-refractivity contribution in [3.8, 4) is 5.75 Å². The van der Waals surface area contributed by atoms with Crippen LogP contribution in [0.2, 0.25) is 0 Å². The van der Waals surface area contributed by atoms with E-state index in [1.807, 2.05) is 13.8 Å². The van der Waals surface area contributed by atoms with Crippen molar-refractivity contribution in [3.63, 3.8) is 0 Å². The molecule has 8 nitrogen and oxygen atoms in total. The number of nitrogens with one attached hydrogen (secondary N) is 3. The average Bonchev–Trinajstić information content (AvgIpc) is 3.06. The lowest BCUT2D eigenvalue weighted by molar-refractivity contribution is -0.0668. The predicted octanol–water partition coefficient (Wildman–Crippen LogP) is 4.28. The summed E-state index contributed by atoms with van der Waals surface area (Å²) < 4.78 is 43.9. The molecule has 1 amide bonds. The summed E-state index contributed by atoms with van der Waals surface area (Å²) in [6.45, 7) is 3.39. The number of halogens is 3. The maximum Gasteiger partial charge on any atom is 0.304 e. The molecule has 35 heavy (non-hydrogen) atoms. The minimum atomic E-state index is -3.37. The second-order valence-corrected chi connectivity index (χ2v) is 8.46. The zero-order valence-corrected chi connectivity index (χ0v) is 18.9. The quantitative estimate of drug-likeness (QED) is 0.357. The Kier molecular flexibility index (Phi) is 6.79. The average molecular weight is 487 g/mol. The Labute approximate surface area is 199 Å². The Morgan fingerprint density at radius 1 is 1.14 bits per heavy atom. The summed E-state index contributed by atoms with van der Waals surface area (Å²) in [6.07, 6.45) is -5.19. The number of hydrogen-bond acceptors (Lipinski definition) is 7. The molecule has 0 radical (unpaired) electrons. The van der Waals surface area contributed by atoms with Crippen molar-refractivity contribution in [2.75, 3.05) is 17.2 Å². The van der Waals surface area contributed by atoms with E-state index in [-0.39, 0.29) is 30.0 Å². The summed E-state index contributed by atoms with van der Waals surface area (Å²) >= 11 is 0. The second-order valence-electron chi connectivity index (χ2n) is 8.46. The van der Waals surface area contributed by atoms with Gasteiger partial charge in [-0.15, -0.1) is 0 Å². The summed E-state index contributed by atoms with van der Waals surface area (Å²) in [7, 11) is 0. The Bertz CT molecular complexity index is 1210. The van der Waals surface area contributed by atoms with Crippen LogP contribution < -0.4 is 20.7 Å². The van der Waals surface area contributed by atoms with Crippen LogP contribution in [0.3, 0.4) is 0 Å². The molecule has 4 rings (SSSR count). The zero-order valence-electron chi connectivity index (χ0n) is 18.9. The highest BCUT2D eigenvalue weighted by molar-refractivity contribution is 6.00. The summed E-state index contributed by atoms with van der Waals surface area (Å²) in [5.74, 6) is -0.543. The number of rotatable bonds is 9. The van der Waals surface area contributed by atoms with Crippen molar-refractivity contribution in [2.45, 2.75) is 38.2 Å². The van der Waals surface area contributed by atoms with Crippen LogP contribution in [0.5, 0.6) is 5.75 Å². The maximum absolute atomic E-state index is 13.7. The van der Waals surface area contributed by atoms with Crippen LogP contribution in [0.25, 0.3) is 0 Å². The van der Waals surface area contributed by atoms with Gasteiger partial charge in [0, 0.05) is 11.3 Å². The Morgan fingerprint density at radius 3 is 2.57 bits per heavy atom. The number of hydrogen-bond donors (Lipinski definition) is 4. The predicted molar refractivity (Wildman–Crippen MR) is 124 cm³/mol. The topological polar surface area (TPSA) is 108 Å². The Hall–Kier alpha value is -3.86. The molecular weight excluding hydrogens is 463 g/mol. The molecule has 1 aliphatic heterocycles. The number of amides is 1. The molecule has 1 aliphatic rings. The number of aliphatic hydroxyl groups excluding tert-OH is 1. The van der Waals surface area contributed by atoms with Gasteiger partial charge in [-0.2, -0.15) is 9.37 Å². The van der Waals surface area contributed by atoms with Gasteiger partial charge < -0.3 is 25.8 Å². The molecule has 0 bridgehead atoms. The van der Waals surface area contributed by atoms with Gasteiger partial charge >= 0.3 is 6.43 Å². The van der Waals surface area contributed by atoms with Crippen molar-refractivity contribution in [3.05, 3.63) is 71.4 Å². The number of alkyl halides is 3. The fourth-order valence-electron chi connectivity index (χ4n) is 3.76. The molecule has 2 heterocycles. The summed E-state index contributed by atoms with van der Waals surface area (Å²) in [6, 6.07) is 13.3. The van der Waals surface area contributed by atoms with Crippen molar-refractivity contribution in [1.82, 2.24) is 15.3 Å². The molecule has 0 aliphatic carbocycles. The van der Waals surface area contributed by atoms with E-state index in [1.165, 1.54) is 0 Å². The van der Waals surface area contributed by atoms with Crippen molar-refractivity contribution in [2.24, 2.45) is 0 Å². The summed E-state index contributed by atoms with van der Waals surface area (Å²) in [5.41, 5.74) is 2.04. The molecule has 0 spiro atoms. The highest BCUT2D eigenvalue weighted by atomic mass is 19.3. The van der Waals surface area contributed by atoms with Crippen LogP contribution in [0, 0.1) is 0 Å². The number of nitrogens with zero attached hydrogens (tertiary/aromatic N) is 2. The molecule has 184 valence electrons. The first-order valence-corrected chi connectivity index (χ1v) is 10.8. The van der Waals surface area contributed by atoms with E-state index in [0.29, 0.717) is 16.8 Å². The fourth-order valence-corrected chi connectivity index (χ4v) is 3.76. The van der Waals surface area contributed by atoms with Crippen LogP contribution in [-0.4, -0.2) is 40.4 Å². The minimum absolute atomic E-state index is 0.0621. The molecule has 2 aromatic carbocycles. The number of carbonyl (C=O) groups excluding carboxylic acids is 1. The minimum Gasteiger partial charge on any atom is -0.449 e.